The van der Waals surface area contributed by atoms with E-state index in [1.165, 1.54) is 22.2 Å². The predicted molar refractivity (Wildman–Crippen MR) is 77.9 cm³/mol. The summed E-state index contributed by atoms with van der Waals surface area (Å²) in [6, 6.07) is 8.81. The fraction of sp³-hybridized carbons (Fsp3) is 0.438. The van der Waals surface area contributed by atoms with Gasteiger partial charge in [-0.25, -0.2) is 0 Å². The molecule has 2 heteroatoms. The van der Waals surface area contributed by atoms with Crippen molar-refractivity contribution in [1.82, 2.24) is 4.98 Å². The molecule has 0 aliphatic carbocycles. The molecule has 0 fully saturated rings. The molecule has 2 rings (SSSR count). The number of fused-ring (bicyclic) bond motifs is 1. The molecule has 0 unspecified atom stereocenters. The zero-order valence-corrected chi connectivity index (χ0v) is 11.4. The lowest BCUT2D eigenvalue weighted by atomic mass is 10.0. The van der Waals surface area contributed by atoms with Gasteiger partial charge in [-0.1, -0.05) is 13.0 Å². The average molecular weight is 242 g/mol. The van der Waals surface area contributed by atoms with Crippen molar-refractivity contribution >= 4 is 10.9 Å². The summed E-state index contributed by atoms with van der Waals surface area (Å²) in [6.45, 7) is 5.13. The number of pyridine rings is 1. The van der Waals surface area contributed by atoms with Gasteiger partial charge in [-0.3, -0.25) is 4.98 Å². The van der Waals surface area contributed by atoms with Gasteiger partial charge >= 0.3 is 0 Å². The van der Waals surface area contributed by atoms with E-state index >= 15 is 0 Å². The Labute approximate surface area is 109 Å². The third-order valence-corrected chi connectivity index (χ3v) is 3.43. The van der Waals surface area contributed by atoms with Gasteiger partial charge < -0.3 is 5.73 Å². The van der Waals surface area contributed by atoms with Crippen LogP contribution in [0, 0.1) is 6.92 Å². The highest BCUT2D eigenvalue weighted by Gasteiger charge is 2.03. The molecule has 0 aliphatic heterocycles. The van der Waals surface area contributed by atoms with Crippen LogP contribution in [-0.4, -0.2) is 11.5 Å². The maximum absolute atomic E-state index is 5.52. The Morgan fingerprint density at radius 3 is 2.72 bits per heavy atom. The van der Waals surface area contributed by atoms with E-state index in [4.69, 9.17) is 10.7 Å². The summed E-state index contributed by atoms with van der Waals surface area (Å²) >= 11 is 0. The van der Waals surface area contributed by atoms with E-state index in [1.807, 2.05) is 0 Å². The molecule has 0 saturated heterocycles. The largest absolute Gasteiger partial charge is 0.330 e. The van der Waals surface area contributed by atoms with Crippen LogP contribution in [0.5, 0.6) is 0 Å². The van der Waals surface area contributed by atoms with Crippen LogP contribution in [0.4, 0.5) is 0 Å². The fourth-order valence-corrected chi connectivity index (χ4v) is 2.31. The summed E-state index contributed by atoms with van der Waals surface area (Å²) in [5.74, 6) is 0. The topological polar surface area (TPSA) is 38.9 Å². The second-order valence-corrected chi connectivity index (χ2v) is 4.88. The number of rotatable bonds is 5. The number of benzene rings is 1. The van der Waals surface area contributed by atoms with Crippen LogP contribution in [0.3, 0.4) is 0 Å². The van der Waals surface area contributed by atoms with E-state index in [-0.39, 0.29) is 0 Å². The number of nitrogens with zero attached hydrogens (tertiary/aromatic N) is 1. The summed E-state index contributed by atoms with van der Waals surface area (Å²) in [5, 5.41) is 1.29. The quantitative estimate of drug-likeness (QED) is 0.816. The van der Waals surface area contributed by atoms with Crippen molar-refractivity contribution < 1.29 is 0 Å². The minimum absolute atomic E-state index is 0.770. The first-order valence-corrected chi connectivity index (χ1v) is 6.84. The average Bonchev–Trinajstić information content (AvgIpc) is 2.39. The summed E-state index contributed by atoms with van der Waals surface area (Å²) in [7, 11) is 0. The SMILES string of the molecule is CCc1ccc2nc(CCCCN)cc(C)c2c1. The highest BCUT2D eigenvalue weighted by Crippen LogP contribution is 2.20. The Morgan fingerprint density at radius 1 is 1.17 bits per heavy atom. The monoisotopic (exact) mass is 242 g/mol. The van der Waals surface area contributed by atoms with E-state index in [1.54, 1.807) is 0 Å². The summed E-state index contributed by atoms with van der Waals surface area (Å²) in [4.78, 5) is 4.74. The molecular weight excluding hydrogens is 220 g/mol. The second kappa shape index (κ2) is 5.96. The van der Waals surface area contributed by atoms with Crippen LogP contribution in [0.15, 0.2) is 24.3 Å². The number of hydrogen-bond donors (Lipinski definition) is 1. The van der Waals surface area contributed by atoms with Crippen molar-refractivity contribution in [3.8, 4) is 0 Å². The Hall–Kier alpha value is -1.41. The van der Waals surface area contributed by atoms with E-state index in [2.05, 4.69) is 38.1 Å². The molecule has 0 amide bonds. The molecule has 2 aromatic rings. The fourth-order valence-electron chi connectivity index (χ4n) is 2.31. The molecule has 0 spiro atoms. The summed E-state index contributed by atoms with van der Waals surface area (Å²) in [5.41, 5.74) is 10.5. The Morgan fingerprint density at radius 2 is 2.00 bits per heavy atom. The molecule has 1 heterocycles. The minimum Gasteiger partial charge on any atom is -0.330 e. The molecule has 0 atom stereocenters. The highest BCUT2D eigenvalue weighted by molar-refractivity contribution is 5.82. The van der Waals surface area contributed by atoms with Crippen LogP contribution in [0.25, 0.3) is 10.9 Å². The van der Waals surface area contributed by atoms with Crippen LogP contribution < -0.4 is 5.73 Å². The molecule has 96 valence electrons. The summed E-state index contributed by atoms with van der Waals surface area (Å²) < 4.78 is 0. The summed E-state index contributed by atoms with van der Waals surface area (Å²) in [6.07, 6.45) is 4.31. The van der Waals surface area contributed by atoms with Crippen molar-refractivity contribution in [3.05, 3.63) is 41.1 Å². The maximum atomic E-state index is 5.52. The first kappa shape index (κ1) is 13.0. The van der Waals surface area contributed by atoms with Gasteiger partial charge in [-0.15, -0.1) is 0 Å². The number of aromatic nitrogens is 1. The Kier molecular flexibility index (Phi) is 4.32. The van der Waals surface area contributed by atoms with E-state index in [0.717, 1.165) is 37.7 Å². The predicted octanol–water partition coefficient (Wildman–Crippen LogP) is 3.39. The van der Waals surface area contributed by atoms with Gasteiger partial charge in [0.2, 0.25) is 0 Å². The Balaban J connectivity index is 2.31. The van der Waals surface area contributed by atoms with E-state index in [9.17, 15) is 0 Å². The van der Waals surface area contributed by atoms with Gasteiger partial charge in [0.15, 0.2) is 0 Å². The molecule has 1 aromatic carbocycles. The molecule has 2 N–H and O–H groups in total. The van der Waals surface area contributed by atoms with Crippen LogP contribution in [0.1, 0.15) is 36.6 Å². The van der Waals surface area contributed by atoms with E-state index in [0.29, 0.717) is 0 Å². The van der Waals surface area contributed by atoms with Gasteiger partial charge in [-0.05, 0) is 68.5 Å². The van der Waals surface area contributed by atoms with Crippen LogP contribution in [-0.2, 0) is 12.8 Å². The third-order valence-electron chi connectivity index (χ3n) is 3.43. The second-order valence-electron chi connectivity index (χ2n) is 4.88. The maximum Gasteiger partial charge on any atom is 0.0708 e. The number of hydrogen-bond acceptors (Lipinski definition) is 2. The van der Waals surface area contributed by atoms with Crippen LogP contribution in [0.2, 0.25) is 0 Å². The molecule has 0 aliphatic rings. The zero-order valence-electron chi connectivity index (χ0n) is 11.4. The van der Waals surface area contributed by atoms with Gasteiger partial charge in [-0.2, -0.15) is 0 Å². The lowest BCUT2D eigenvalue weighted by Gasteiger charge is -2.08. The first-order chi connectivity index (χ1) is 8.74. The number of unbranched alkanes of at least 4 members (excludes halogenated alkanes) is 1. The number of aryl methyl sites for hydroxylation is 3. The molecular formula is C16H22N2. The van der Waals surface area contributed by atoms with Crippen molar-refractivity contribution in [2.75, 3.05) is 6.54 Å². The van der Waals surface area contributed by atoms with Gasteiger partial charge in [0, 0.05) is 11.1 Å². The molecule has 2 nitrogen and oxygen atoms in total. The van der Waals surface area contributed by atoms with E-state index < -0.39 is 0 Å². The minimum atomic E-state index is 0.770. The normalized spacial score (nSPS) is 11.1. The van der Waals surface area contributed by atoms with Gasteiger partial charge in [0.05, 0.1) is 5.52 Å². The molecule has 0 saturated carbocycles. The Bertz CT molecular complexity index is 532. The van der Waals surface area contributed by atoms with Crippen molar-refractivity contribution in [3.63, 3.8) is 0 Å². The lowest BCUT2D eigenvalue weighted by Crippen LogP contribution is -2.00. The molecule has 1 aromatic heterocycles. The smallest absolute Gasteiger partial charge is 0.0708 e. The van der Waals surface area contributed by atoms with Gasteiger partial charge in [0.1, 0.15) is 0 Å². The standard InChI is InChI=1S/C16H22N2/c1-3-13-7-8-16-15(11-13)12(2)10-14(18-16)6-4-5-9-17/h7-8,10-11H,3-6,9,17H2,1-2H3. The van der Waals surface area contributed by atoms with Crippen molar-refractivity contribution in [1.29, 1.82) is 0 Å². The molecule has 18 heavy (non-hydrogen) atoms. The lowest BCUT2D eigenvalue weighted by molar-refractivity contribution is 0.734. The van der Waals surface area contributed by atoms with Crippen molar-refractivity contribution in [2.24, 2.45) is 5.73 Å². The number of nitrogens with two attached hydrogens (primary N) is 1. The first-order valence-electron chi connectivity index (χ1n) is 6.84. The van der Waals surface area contributed by atoms with Crippen LogP contribution >= 0.6 is 0 Å². The molecule has 0 radical (unpaired) electrons. The highest BCUT2D eigenvalue weighted by atomic mass is 14.7. The zero-order chi connectivity index (χ0) is 13.0. The van der Waals surface area contributed by atoms with Crippen molar-refractivity contribution in [2.45, 2.75) is 39.5 Å². The third kappa shape index (κ3) is 2.88. The van der Waals surface area contributed by atoms with Gasteiger partial charge in [0.25, 0.3) is 0 Å². The molecule has 0 bridgehead atoms.